The smallest absolute Gasteiger partial charge is 0.234 e. The Kier molecular flexibility index (Phi) is 5.62. The first-order chi connectivity index (χ1) is 13.5. The van der Waals surface area contributed by atoms with E-state index in [4.69, 9.17) is 0 Å². The molecule has 2 heterocycles. The molecule has 1 aromatic carbocycles. The fourth-order valence-electron chi connectivity index (χ4n) is 3.59. The summed E-state index contributed by atoms with van der Waals surface area (Å²) < 4.78 is 2.27. The Hall–Kier alpha value is -2.02. The normalized spacial score (nSPS) is 17.8. The molecule has 2 fully saturated rings. The quantitative estimate of drug-likeness (QED) is 0.738. The summed E-state index contributed by atoms with van der Waals surface area (Å²) in [6.07, 6.45) is 4.77. The minimum Gasteiger partial charge on any atom is -0.341 e. The molecule has 6 nitrogen and oxygen atoms in total. The highest BCUT2D eigenvalue weighted by atomic mass is 32.2. The summed E-state index contributed by atoms with van der Waals surface area (Å²) in [5.74, 6) is 2.12. The number of nitrogens with zero attached hydrogens (tertiary/aromatic N) is 4. The molecule has 2 aromatic rings. The Bertz CT molecular complexity index is 852. The molecule has 1 saturated heterocycles. The number of aromatic nitrogens is 3. The van der Waals surface area contributed by atoms with Crippen LogP contribution in [0.5, 0.6) is 0 Å². The first-order valence-electron chi connectivity index (χ1n) is 10.2. The van der Waals surface area contributed by atoms with Crippen molar-refractivity contribution in [2.75, 3.05) is 29.1 Å². The molecule has 4 rings (SSSR count). The van der Waals surface area contributed by atoms with Gasteiger partial charge in [-0.2, -0.15) is 0 Å². The lowest BCUT2D eigenvalue weighted by Gasteiger charge is -2.31. The molecule has 1 aromatic heterocycles. The van der Waals surface area contributed by atoms with Gasteiger partial charge >= 0.3 is 0 Å². The molecule has 2 aliphatic rings. The predicted octanol–water partition coefficient (Wildman–Crippen LogP) is 4.20. The molecule has 7 heteroatoms. The van der Waals surface area contributed by atoms with Crippen molar-refractivity contribution in [2.45, 2.75) is 57.7 Å². The molecular formula is C21H29N5OS. The lowest BCUT2D eigenvalue weighted by molar-refractivity contribution is -0.113. The van der Waals surface area contributed by atoms with E-state index in [1.165, 1.54) is 48.6 Å². The van der Waals surface area contributed by atoms with E-state index in [2.05, 4.69) is 45.8 Å². The summed E-state index contributed by atoms with van der Waals surface area (Å²) >= 11 is 1.49. The Labute approximate surface area is 171 Å². The number of amides is 1. The second-order valence-corrected chi connectivity index (χ2v) is 9.13. The van der Waals surface area contributed by atoms with Crippen LogP contribution < -0.4 is 10.2 Å². The first-order valence-corrected chi connectivity index (χ1v) is 11.2. The molecule has 1 aliphatic carbocycles. The van der Waals surface area contributed by atoms with E-state index in [-0.39, 0.29) is 5.91 Å². The summed E-state index contributed by atoms with van der Waals surface area (Å²) in [5, 5.41) is 12.8. The maximum Gasteiger partial charge on any atom is 0.234 e. The van der Waals surface area contributed by atoms with Gasteiger partial charge in [0.05, 0.1) is 5.75 Å². The van der Waals surface area contributed by atoms with Crippen LogP contribution in [0.1, 0.15) is 49.8 Å². The molecule has 1 amide bonds. The maximum absolute atomic E-state index is 12.4. The van der Waals surface area contributed by atoms with Crippen molar-refractivity contribution >= 4 is 29.3 Å². The van der Waals surface area contributed by atoms with Gasteiger partial charge in [0.2, 0.25) is 11.9 Å². The molecule has 150 valence electrons. The van der Waals surface area contributed by atoms with E-state index in [0.717, 1.165) is 35.8 Å². The second kappa shape index (κ2) is 8.15. The van der Waals surface area contributed by atoms with Crippen LogP contribution in [0.2, 0.25) is 0 Å². The largest absolute Gasteiger partial charge is 0.341 e. The fraction of sp³-hybridized carbons (Fsp3) is 0.571. The minimum absolute atomic E-state index is 0.00746. The Morgan fingerprint density at radius 1 is 1.14 bits per heavy atom. The summed E-state index contributed by atoms with van der Waals surface area (Å²) in [6, 6.07) is 6.50. The molecular weight excluding hydrogens is 370 g/mol. The van der Waals surface area contributed by atoms with Crippen LogP contribution in [-0.4, -0.2) is 39.5 Å². The number of thioether (sulfide) groups is 1. The first kappa shape index (κ1) is 19.3. The predicted molar refractivity (Wildman–Crippen MR) is 114 cm³/mol. The lowest BCUT2D eigenvalue weighted by Crippen LogP contribution is -2.34. The van der Waals surface area contributed by atoms with Crippen LogP contribution in [0.25, 0.3) is 0 Å². The van der Waals surface area contributed by atoms with E-state index < -0.39 is 0 Å². The van der Waals surface area contributed by atoms with E-state index in [0.29, 0.717) is 11.8 Å². The van der Waals surface area contributed by atoms with Gasteiger partial charge in [0, 0.05) is 24.8 Å². The van der Waals surface area contributed by atoms with Crippen LogP contribution >= 0.6 is 11.8 Å². The molecule has 0 bridgehead atoms. The zero-order chi connectivity index (χ0) is 19.7. The number of aryl methyl sites for hydroxylation is 2. The zero-order valence-electron chi connectivity index (χ0n) is 16.9. The third kappa shape index (κ3) is 4.35. The number of carbonyl (C=O) groups excluding carboxylic acids is 1. The summed E-state index contributed by atoms with van der Waals surface area (Å²) in [7, 11) is 0. The van der Waals surface area contributed by atoms with Crippen molar-refractivity contribution in [3.05, 3.63) is 29.3 Å². The highest BCUT2D eigenvalue weighted by Crippen LogP contribution is 2.41. The van der Waals surface area contributed by atoms with Crippen molar-refractivity contribution in [1.29, 1.82) is 0 Å². The van der Waals surface area contributed by atoms with Gasteiger partial charge in [-0.25, -0.2) is 0 Å². The van der Waals surface area contributed by atoms with Gasteiger partial charge in [-0.3, -0.25) is 9.36 Å². The number of piperidine rings is 1. The van der Waals surface area contributed by atoms with E-state index in [1.54, 1.807) is 0 Å². The van der Waals surface area contributed by atoms with Crippen molar-refractivity contribution in [1.82, 2.24) is 14.8 Å². The monoisotopic (exact) mass is 399 g/mol. The standard InChI is InChI=1S/C21H29N5OS/c1-14-8-10-25(11-9-14)20-23-24-21(26(20)18-6-7-18)28-13-19(27)22-17-5-4-15(2)16(3)12-17/h4-5,12,14,18H,6-11,13H2,1-3H3,(H,22,27). The average molecular weight is 400 g/mol. The van der Waals surface area contributed by atoms with E-state index >= 15 is 0 Å². The number of benzene rings is 1. The van der Waals surface area contributed by atoms with Crippen molar-refractivity contribution < 1.29 is 4.79 Å². The maximum atomic E-state index is 12.4. The second-order valence-electron chi connectivity index (χ2n) is 8.19. The van der Waals surface area contributed by atoms with Crippen molar-refractivity contribution in [3.63, 3.8) is 0 Å². The number of carbonyl (C=O) groups is 1. The Balaban J connectivity index is 1.40. The van der Waals surface area contributed by atoms with Crippen LogP contribution in [0, 0.1) is 19.8 Å². The number of hydrogen-bond donors (Lipinski definition) is 1. The fourth-order valence-corrected chi connectivity index (χ4v) is 4.39. The van der Waals surface area contributed by atoms with Crippen molar-refractivity contribution in [3.8, 4) is 0 Å². The van der Waals surface area contributed by atoms with Crippen molar-refractivity contribution in [2.24, 2.45) is 5.92 Å². The molecule has 1 aliphatic heterocycles. The number of hydrogen-bond acceptors (Lipinski definition) is 5. The van der Waals surface area contributed by atoms with Gasteiger partial charge in [-0.15, -0.1) is 10.2 Å². The molecule has 28 heavy (non-hydrogen) atoms. The molecule has 0 spiro atoms. The number of rotatable bonds is 6. The van der Waals surface area contributed by atoms with Gasteiger partial charge in [0.15, 0.2) is 5.16 Å². The van der Waals surface area contributed by atoms with Crippen LogP contribution in [0.15, 0.2) is 23.4 Å². The highest BCUT2D eigenvalue weighted by Gasteiger charge is 2.32. The SMILES string of the molecule is Cc1ccc(NC(=O)CSc2nnc(N3CCC(C)CC3)n2C2CC2)cc1C. The topological polar surface area (TPSA) is 63.1 Å². The summed E-state index contributed by atoms with van der Waals surface area (Å²) in [5.41, 5.74) is 3.25. The van der Waals surface area contributed by atoms with E-state index in [9.17, 15) is 4.79 Å². The number of anilines is 2. The Morgan fingerprint density at radius 2 is 1.89 bits per heavy atom. The lowest BCUT2D eigenvalue weighted by atomic mass is 10.00. The van der Waals surface area contributed by atoms with Gasteiger partial charge in [-0.05, 0) is 68.7 Å². The zero-order valence-corrected chi connectivity index (χ0v) is 17.8. The molecule has 0 radical (unpaired) electrons. The van der Waals surface area contributed by atoms with Gasteiger partial charge in [0.1, 0.15) is 0 Å². The van der Waals surface area contributed by atoms with Crippen LogP contribution in [-0.2, 0) is 4.79 Å². The van der Waals surface area contributed by atoms with Gasteiger partial charge in [0.25, 0.3) is 0 Å². The Morgan fingerprint density at radius 3 is 2.57 bits per heavy atom. The third-order valence-corrected chi connectivity index (χ3v) is 6.69. The summed E-state index contributed by atoms with van der Waals surface area (Å²) in [4.78, 5) is 14.8. The number of nitrogens with one attached hydrogen (secondary N) is 1. The molecule has 0 atom stereocenters. The highest BCUT2D eigenvalue weighted by molar-refractivity contribution is 7.99. The van der Waals surface area contributed by atoms with Crippen LogP contribution in [0.4, 0.5) is 11.6 Å². The molecule has 1 N–H and O–H groups in total. The third-order valence-electron chi connectivity index (χ3n) is 5.75. The molecule has 0 unspecified atom stereocenters. The van der Waals surface area contributed by atoms with Gasteiger partial charge in [-0.1, -0.05) is 24.8 Å². The minimum atomic E-state index is -0.00746. The van der Waals surface area contributed by atoms with Gasteiger partial charge < -0.3 is 10.2 Å². The molecule has 1 saturated carbocycles. The average Bonchev–Trinajstić information content (AvgIpc) is 3.43. The van der Waals surface area contributed by atoms with E-state index in [1.807, 2.05) is 18.2 Å². The summed E-state index contributed by atoms with van der Waals surface area (Å²) in [6.45, 7) is 8.54. The van der Waals surface area contributed by atoms with Crippen LogP contribution in [0.3, 0.4) is 0 Å².